The number of nitrogens with one attached hydrogen (secondary N) is 1. The maximum atomic E-state index is 12.7. The SMILES string of the molecule is CCOC(=O)c1sc2c(c1C)[C@@H](c1cccs1)[C@@H]1C(=O)CCC=C1N2. The van der Waals surface area contributed by atoms with Crippen LogP contribution in [0.4, 0.5) is 5.00 Å². The van der Waals surface area contributed by atoms with Gasteiger partial charge in [0.1, 0.15) is 10.7 Å². The van der Waals surface area contributed by atoms with Gasteiger partial charge in [-0.25, -0.2) is 4.79 Å². The topological polar surface area (TPSA) is 55.4 Å². The van der Waals surface area contributed by atoms with Crippen LogP contribution in [0.3, 0.4) is 0 Å². The second kappa shape index (κ2) is 6.42. The Morgan fingerprint density at radius 3 is 2.96 bits per heavy atom. The van der Waals surface area contributed by atoms with Gasteiger partial charge in [-0.3, -0.25) is 4.79 Å². The van der Waals surface area contributed by atoms with Crippen molar-refractivity contribution in [3.05, 3.63) is 50.2 Å². The largest absolute Gasteiger partial charge is 0.462 e. The van der Waals surface area contributed by atoms with Crippen LogP contribution in [0.5, 0.6) is 0 Å². The Morgan fingerprint density at radius 2 is 2.24 bits per heavy atom. The third-order valence-electron chi connectivity index (χ3n) is 4.84. The predicted octanol–water partition coefficient (Wildman–Crippen LogP) is 4.72. The molecule has 4 nitrogen and oxygen atoms in total. The average molecular weight is 373 g/mol. The number of fused-ring (bicyclic) bond motifs is 2. The fourth-order valence-electron chi connectivity index (χ4n) is 3.78. The molecule has 25 heavy (non-hydrogen) atoms. The van der Waals surface area contributed by atoms with E-state index in [4.69, 9.17) is 4.74 Å². The zero-order chi connectivity index (χ0) is 17.6. The highest BCUT2D eigenvalue weighted by atomic mass is 32.1. The second-order valence-corrected chi connectivity index (χ2v) is 8.28. The molecule has 2 aromatic rings. The van der Waals surface area contributed by atoms with Crippen molar-refractivity contribution >= 4 is 39.4 Å². The van der Waals surface area contributed by atoms with Gasteiger partial charge in [0.2, 0.25) is 0 Å². The fraction of sp³-hybridized carbons (Fsp3) is 0.368. The lowest BCUT2D eigenvalue weighted by Crippen LogP contribution is -2.34. The molecule has 3 heterocycles. The van der Waals surface area contributed by atoms with Crippen LogP contribution < -0.4 is 5.32 Å². The molecule has 0 saturated carbocycles. The Balaban J connectivity index is 1.89. The van der Waals surface area contributed by atoms with E-state index in [1.54, 1.807) is 11.3 Å². The molecular weight excluding hydrogens is 354 g/mol. The first-order chi connectivity index (χ1) is 12.1. The van der Waals surface area contributed by atoms with Crippen molar-refractivity contribution in [3.63, 3.8) is 0 Å². The third kappa shape index (κ3) is 2.64. The van der Waals surface area contributed by atoms with Gasteiger partial charge in [0.15, 0.2) is 0 Å². The lowest BCUT2D eigenvalue weighted by atomic mass is 9.74. The lowest BCUT2D eigenvalue weighted by molar-refractivity contribution is -0.122. The van der Waals surface area contributed by atoms with Crippen LogP contribution >= 0.6 is 22.7 Å². The Labute approximate surface area is 154 Å². The molecule has 1 aliphatic carbocycles. The van der Waals surface area contributed by atoms with Gasteiger partial charge in [0, 0.05) is 28.5 Å². The summed E-state index contributed by atoms with van der Waals surface area (Å²) in [5.41, 5.74) is 2.99. The maximum Gasteiger partial charge on any atom is 0.348 e. The van der Waals surface area contributed by atoms with Crippen molar-refractivity contribution in [1.29, 1.82) is 0 Å². The number of thiophene rings is 2. The van der Waals surface area contributed by atoms with Crippen LogP contribution in [-0.4, -0.2) is 18.4 Å². The van der Waals surface area contributed by atoms with Crippen LogP contribution in [0.15, 0.2) is 29.3 Å². The third-order valence-corrected chi connectivity index (χ3v) is 7.00. The Hall–Kier alpha value is -1.92. The zero-order valence-corrected chi connectivity index (χ0v) is 15.8. The van der Waals surface area contributed by atoms with Crippen molar-refractivity contribution < 1.29 is 14.3 Å². The maximum absolute atomic E-state index is 12.7. The Bertz CT molecular complexity index is 864. The summed E-state index contributed by atoms with van der Waals surface area (Å²) in [6.07, 6.45) is 3.49. The molecule has 0 saturated heterocycles. The molecule has 1 aliphatic heterocycles. The molecule has 0 spiro atoms. The average Bonchev–Trinajstić information content (AvgIpc) is 3.22. The number of Topliss-reactive ketones (excluding diaryl/α,β-unsaturated/α-hetero) is 1. The molecular formula is C19H19NO3S2. The summed E-state index contributed by atoms with van der Waals surface area (Å²) in [5.74, 6) is -0.204. The minimum atomic E-state index is -0.283. The van der Waals surface area contributed by atoms with E-state index >= 15 is 0 Å². The van der Waals surface area contributed by atoms with E-state index in [2.05, 4.69) is 17.5 Å². The monoisotopic (exact) mass is 373 g/mol. The molecule has 0 fully saturated rings. The molecule has 2 atom stereocenters. The highest BCUT2D eigenvalue weighted by molar-refractivity contribution is 7.18. The first kappa shape index (κ1) is 16.5. The molecule has 1 N–H and O–H groups in total. The molecule has 4 rings (SSSR count). The Kier molecular flexibility index (Phi) is 4.25. The summed E-state index contributed by atoms with van der Waals surface area (Å²) < 4.78 is 5.22. The van der Waals surface area contributed by atoms with E-state index in [1.807, 2.05) is 25.3 Å². The summed E-state index contributed by atoms with van der Waals surface area (Å²) in [4.78, 5) is 26.9. The van der Waals surface area contributed by atoms with Crippen LogP contribution in [-0.2, 0) is 9.53 Å². The summed E-state index contributed by atoms with van der Waals surface area (Å²) in [6.45, 7) is 4.13. The standard InChI is InChI=1S/C19H19NO3S2/c1-3-23-19(22)17-10(2)14-16(13-8-5-9-24-13)15-11(20-18(14)25-17)6-4-7-12(15)21/h5-6,8-9,15-16,20H,3-4,7H2,1-2H3/t15-,16+/m0/s1. The van der Waals surface area contributed by atoms with Gasteiger partial charge in [-0.15, -0.1) is 22.7 Å². The van der Waals surface area contributed by atoms with Crippen molar-refractivity contribution in [2.75, 3.05) is 11.9 Å². The molecule has 130 valence electrons. The van der Waals surface area contributed by atoms with E-state index in [9.17, 15) is 9.59 Å². The number of hydrogen-bond donors (Lipinski definition) is 1. The number of anilines is 1. The van der Waals surface area contributed by atoms with E-state index < -0.39 is 0 Å². The minimum Gasteiger partial charge on any atom is -0.462 e. The number of allylic oxidation sites excluding steroid dienone is 2. The molecule has 0 amide bonds. The van der Waals surface area contributed by atoms with Gasteiger partial charge in [-0.2, -0.15) is 0 Å². The van der Waals surface area contributed by atoms with Crippen LogP contribution in [0, 0.1) is 12.8 Å². The summed E-state index contributed by atoms with van der Waals surface area (Å²) >= 11 is 3.10. The van der Waals surface area contributed by atoms with Gasteiger partial charge in [-0.05, 0) is 37.3 Å². The van der Waals surface area contributed by atoms with Crippen molar-refractivity contribution in [3.8, 4) is 0 Å². The molecule has 0 radical (unpaired) electrons. The first-order valence-electron chi connectivity index (χ1n) is 8.45. The van der Waals surface area contributed by atoms with Crippen molar-refractivity contribution in [2.24, 2.45) is 5.92 Å². The van der Waals surface area contributed by atoms with Gasteiger partial charge in [-0.1, -0.05) is 12.1 Å². The van der Waals surface area contributed by atoms with E-state index in [-0.39, 0.29) is 23.6 Å². The van der Waals surface area contributed by atoms with Crippen molar-refractivity contribution in [1.82, 2.24) is 0 Å². The van der Waals surface area contributed by atoms with Gasteiger partial charge < -0.3 is 10.1 Å². The van der Waals surface area contributed by atoms with Gasteiger partial charge >= 0.3 is 5.97 Å². The Morgan fingerprint density at radius 1 is 1.40 bits per heavy atom. The highest BCUT2D eigenvalue weighted by Crippen LogP contribution is 2.52. The van der Waals surface area contributed by atoms with E-state index in [0.717, 1.165) is 28.2 Å². The molecule has 0 aromatic carbocycles. The van der Waals surface area contributed by atoms with Crippen LogP contribution in [0.2, 0.25) is 0 Å². The quantitative estimate of drug-likeness (QED) is 0.791. The van der Waals surface area contributed by atoms with Crippen LogP contribution in [0.25, 0.3) is 0 Å². The second-order valence-electron chi connectivity index (χ2n) is 6.28. The number of ketones is 1. The highest BCUT2D eigenvalue weighted by Gasteiger charge is 2.43. The van der Waals surface area contributed by atoms with Crippen LogP contribution in [0.1, 0.15) is 51.4 Å². The first-order valence-corrected chi connectivity index (χ1v) is 10.1. The summed E-state index contributed by atoms with van der Waals surface area (Å²) in [5, 5.41) is 6.45. The summed E-state index contributed by atoms with van der Waals surface area (Å²) in [7, 11) is 0. The molecule has 2 aromatic heterocycles. The molecule has 0 unspecified atom stereocenters. The van der Waals surface area contributed by atoms with Gasteiger partial charge in [0.05, 0.1) is 17.5 Å². The van der Waals surface area contributed by atoms with Crippen molar-refractivity contribution in [2.45, 2.75) is 32.6 Å². The predicted molar refractivity (Wildman–Crippen MR) is 101 cm³/mol. The number of carbonyl (C=O) groups is 2. The number of hydrogen-bond acceptors (Lipinski definition) is 6. The minimum absolute atomic E-state index is 0.0188. The normalized spacial score (nSPS) is 21.8. The molecule has 2 aliphatic rings. The molecule has 0 bridgehead atoms. The number of carbonyl (C=O) groups excluding carboxylic acids is 2. The zero-order valence-electron chi connectivity index (χ0n) is 14.1. The summed E-state index contributed by atoms with van der Waals surface area (Å²) in [6, 6.07) is 4.11. The fourth-order valence-corrected chi connectivity index (χ4v) is 5.82. The lowest BCUT2D eigenvalue weighted by Gasteiger charge is -2.36. The molecule has 6 heteroatoms. The number of ether oxygens (including phenoxy) is 1. The smallest absolute Gasteiger partial charge is 0.348 e. The number of rotatable bonds is 3. The van der Waals surface area contributed by atoms with E-state index in [0.29, 0.717) is 17.9 Å². The van der Waals surface area contributed by atoms with Gasteiger partial charge in [0.25, 0.3) is 0 Å². The number of esters is 1. The van der Waals surface area contributed by atoms with E-state index in [1.165, 1.54) is 16.2 Å².